The monoisotopic (exact) mass is 291 g/mol. The molecule has 0 radical (unpaired) electrons. The van der Waals surface area contributed by atoms with Gasteiger partial charge in [-0.1, -0.05) is 32.1 Å². The van der Waals surface area contributed by atoms with E-state index in [0.717, 1.165) is 38.3 Å². The van der Waals surface area contributed by atoms with Gasteiger partial charge in [-0.15, -0.1) is 6.58 Å². The SMILES string of the molecule is C=CCCCOCCOc1ccc(CNCC(C)C)cc1. The molecule has 0 aliphatic carbocycles. The summed E-state index contributed by atoms with van der Waals surface area (Å²) in [5.74, 6) is 1.58. The predicted octanol–water partition coefficient (Wildman–Crippen LogP) is 3.79. The topological polar surface area (TPSA) is 30.5 Å². The Morgan fingerprint density at radius 2 is 1.90 bits per heavy atom. The number of allylic oxidation sites excluding steroid dienone is 1. The molecule has 0 aromatic heterocycles. The summed E-state index contributed by atoms with van der Waals surface area (Å²) >= 11 is 0. The molecular weight excluding hydrogens is 262 g/mol. The average Bonchev–Trinajstić information content (AvgIpc) is 2.47. The van der Waals surface area contributed by atoms with Crippen LogP contribution in [0, 0.1) is 5.92 Å². The lowest BCUT2D eigenvalue weighted by Gasteiger charge is -2.09. The number of ether oxygens (including phenoxy) is 2. The number of hydrogen-bond acceptors (Lipinski definition) is 3. The molecule has 0 bridgehead atoms. The third-order valence-corrected chi connectivity index (χ3v) is 3.00. The summed E-state index contributed by atoms with van der Waals surface area (Å²) in [4.78, 5) is 0. The second-order valence-electron chi connectivity index (χ2n) is 5.56. The van der Waals surface area contributed by atoms with Crippen molar-refractivity contribution in [3.8, 4) is 5.75 Å². The lowest BCUT2D eigenvalue weighted by molar-refractivity contribution is 0.0988. The second kappa shape index (κ2) is 11.4. The van der Waals surface area contributed by atoms with Gasteiger partial charge in [0.2, 0.25) is 0 Å². The highest BCUT2D eigenvalue weighted by molar-refractivity contribution is 5.27. The third-order valence-electron chi connectivity index (χ3n) is 3.00. The van der Waals surface area contributed by atoms with Crippen LogP contribution < -0.4 is 10.1 Å². The fourth-order valence-corrected chi connectivity index (χ4v) is 1.86. The molecule has 0 aliphatic heterocycles. The van der Waals surface area contributed by atoms with E-state index in [-0.39, 0.29) is 0 Å². The number of unbranched alkanes of at least 4 members (excludes halogenated alkanes) is 1. The first kappa shape index (κ1) is 17.7. The quantitative estimate of drug-likeness (QED) is 0.469. The lowest BCUT2D eigenvalue weighted by Crippen LogP contribution is -2.18. The highest BCUT2D eigenvalue weighted by Gasteiger charge is 1.97. The van der Waals surface area contributed by atoms with Gasteiger partial charge in [-0.3, -0.25) is 0 Å². The van der Waals surface area contributed by atoms with Crippen LogP contribution in [0.25, 0.3) is 0 Å². The molecule has 0 saturated carbocycles. The summed E-state index contributed by atoms with van der Waals surface area (Å²) in [7, 11) is 0. The Hall–Kier alpha value is -1.32. The summed E-state index contributed by atoms with van der Waals surface area (Å²) in [5.41, 5.74) is 1.28. The molecule has 3 nitrogen and oxygen atoms in total. The van der Waals surface area contributed by atoms with Crippen molar-refractivity contribution in [2.45, 2.75) is 33.2 Å². The fraction of sp³-hybridized carbons (Fsp3) is 0.556. The van der Waals surface area contributed by atoms with Gasteiger partial charge in [0.25, 0.3) is 0 Å². The third kappa shape index (κ3) is 9.27. The van der Waals surface area contributed by atoms with E-state index in [1.54, 1.807) is 0 Å². The molecule has 0 atom stereocenters. The van der Waals surface area contributed by atoms with Crippen molar-refractivity contribution in [3.63, 3.8) is 0 Å². The summed E-state index contributed by atoms with van der Waals surface area (Å²) in [6.07, 6.45) is 3.95. The normalized spacial score (nSPS) is 10.8. The summed E-state index contributed by atoms with van der Waals surface area (Å²) in [6.45, 7) is 12.1. The van der Waals surface area contributed by atoms with E-state index in [4.69, 9.17) is 9.47 Å². The van der Waals surface area contributed by atoms with Gasteiger partial charge in [0, 0.05) is 13.2 Å². The molecule has 0 aliphatic rings. The van der Waals surface area contributed by atoms with Gasteiger partial charge in [0.05, 0.1) is 6.61 Å². The highest BCUT2D eigenvalue weighted by atomic mass is 16.5. The Bertz CT molecular complexity index is 373. The minimum atomic E-state index is 0.596. The molecule has 1 aromatic rings. The standard InChI is InChI=1S/C18H29NO2/c1-4-5-6-11-20-12-13-21-18-9-7-17(8-10-18)15-19-14-16(2)3/h4,7-10,16,19H,1,5-6,11-15H2,2-3H3. The number of benzene rings is 1. The van der Waals surface area contributed by atoms with Crippen LogP contribution in [0.1, 0.15) is 32.3 Å². The maximum absolute atomic E-state index is 5.64. The van der Waals surface area contributed by atoms with Crippen molar-refractivity contribution in [1.82, 2.24) is 5.32 Å². The van der Waals surface area contributed by atoms with Gasteiger partial charge in [-0.2, -0.15) is 0 Å². The molecule has 118 valence electrons. The first-order valence-corrected chi connectivity index (χ1v) is 7.83. The smallest absolute Gasteiger partial charge is 0.119 e. The molecule has 1 aromatic carbocycles. The van der Waals surface area contributed by atoms with E-state index in [1.807, 2.05) is 18.2 Å². The van der Waals surface area contributed by atoms with Gasteiger partial charge in [-0.05, 0) is 43.0 Å². The maximum atomic E-state index is 5.64. The molecular formula is C18H29NO2. The second-order valence-corrected chi connectivity index (χ2v) is 5.56. The van der Waals surface area contributed by atoms with E-state index >= 15 is 0 Å². The molecule has 0 spiro atoms. The zero-order chi connectivity index (χ0) is 15.3. The van der Waals surface area contributed by atoms with Crippen LogP contribution in [-0.2, 0) is 11.3 Å². The molecule has 0 fully saturated rings. The maximum Gasteiger partial charge on any atom is 0.119 e. The van der Waals surface area contributed by atoms with Gasteiger partial charge in [-0.25, -0.2) is 0 Å². The van der Waals surface area contributed by atoms with Crippen molar-refractivity contribution in [3.05, 3.63) is 42.5 Å². The van der Waals surface area contributed by atoms with Crippen LogP contribution in [-0.4, -0.2) is 26.4 Å². The molecule has 0 unspecified atom stereocenters. The largest absolute Gasteiger partial charge is 0.491 e. The summed E-state index contributed by atoms with van der Waals surface area (Å²) in [5, 5.41) is 3.43. The molecule has 0 amide bonds. The minimum absolute atomic E-state index is 0.596. The van der Waals surface area contributed by atoms with Crippen molar-refractivity contribution in [2.24, 2.45) is 5.92 Å². The van der Waals surface area contributed by atoms with Crippen molar-refractivity contribution >= 4 is 0 Å². The van der Waals surface area contributed by atoms with E-state index in [9.17, 15) is 0 Å². The van der Waals surface area contributed by atoms with Crippen LogP contribution in [0.4, 0.5) is 0 Å². The van der Waals surface area contributed by atoms with Gasteiger partial charge in [0.1, 0.15) is 12.4 Å². The van der Waals surface area contributed by atoms with Gasteiger partial charge >= 0.3 is 0 Å². The van der Waals surface area contributed by atoms with Crippen LogP contribution >= 0.6 is 0 Å². The Morgan fingerprint density at radius 3 is 2.57 bits per heavy atom. The Morgan fingerprint density at radius 1 is 1.14 bits per heavy atom. The van der Waals surface area contributed by atoms with E-state index in [2.05, 4.69) is 37.9 Å². The van der Waals surface area contributed by atoms with Crippen molar-refractivity contribution < 1.29 is 9.47 Å². The van der Waals surface area contributed by atoms with Crippen LogP contribution in [0.15, 0.2) is 36.9 Å². The molecule has 1 rings (SSSR count). The lowest BCUT2D eigenvalue weighted by atomic mass is 10.2. The Kier molecular flexibility index (Phi) is 9.58. The van der Waals surface area contributed by atoms with E-state index in [1.165, 1.54) is 5.56 Å². The van der Waals surface area contributed by atoms with E-state index < -0.39 is 0 Å². The summed E-state index contributed by atoms with van der Waals surface area (Å²) in [6, 6.07) is 8.25. The van der Waals surface area contributed by atoms with Crippen LogP contribution in [0.5, 0.6) is 5.75 Å². The zero-order valence-electron chi connectivity index (χ0n) is 13.4. The zero-order valence-corrected chi connectivity index (χ0v) is 13.4. The van der Waals surface area contributed by atoms with Gasteiger partial charge < -0.3 is 14.8 Å². The highest BCUT2D eigenvalue weighted by Crippen LogP contribution is 2.12. The Balaban J connectivity index is 2.11. The van der Waals surface area contributed by atoms with Crippen molar-refractivity contribution in [1.29, 1.82) is 0 Å². The molecule has 21 heavy (non-hydrogen) atoms. The number of nitrogens with one attached hydrogen (secondary N) is 1. The van der Waals surface area contributed by atoms with Crippen LogP contribution in [0.2, 0.25) is 0 Å². The molecule has 0 saturated heterocycles. The number of hydrogen-bond donors (Lipinski definition) is 1. The van der Waals surface area contributed by atoms with Crippen molar-refractivity contribution in [2.75, 3.05) is 26.4 Å². The first-order chi connectivity index (χ1) is 10.2. The Labute approximate surface area is 129 Å². The van der Waals surface area contributed by atoms with E-state index in [0.29, 0.717) is 19.1 Å². The van der Waals surface area contributed by atoms with Crippen LogP contribution in [0.3, 0.4) is 0 Å². The number of rotatable bonds is 12. The average molecular weight is 291 g/mol. The minimum Gasteiger partial charge on any atom is -0.491 e. The molecule has 3 heteroatoms. The fourth-order valence-electron chi connectivity index (χ4n) is 1.86. The predicted molar refractivity (Wildman–Crippen MR) is 88.7 cm³/mol. The van der Waals surface area contributed by atoms with Gasteiger partial charge in [0.15, 0.2) is 0 Å². The molecule has 0 heterocycles. The summed E-state index contributed by atoms with van der Waals surface area (Å²) < 4.78 is 11.1. The first-order valence-electron chi connectivity index (χ1n) is 7.83. The molecule has 1 N–H and O–H groups in total.